The summed E-state index contributed by atoms with van der Waals surface area (Å²) in [4.78, 5) is 10.8. The molecule has 0 saturated heterocycles. The Morgan fingerprint density at radius 2 is 1.93 bits per heavy atom. The number of benzene rings is 1. The van der Waals surface area contributed by atoms with Crippen LogP contribution in [-0.2, 0) is 4.79 Å². The van der Waals surface area contributed by atoms with Crippen molar-refractivity contribution in [3.8, 4) is 0 Å². The molecule has 0 bridgehead atoms. The molecule has 0 aromatic heterocycles. The molecular formula is C14H18O. The Morgan fingerprint density at radius 3 is 2.53 bits per heavy atom. The Morgan fingerprint density at radius 1 is 1.20 bits per heavy atom. The molecule has 0 fully saturated rings. The second-order valence-corrected chi connectivity index (χ2v) is 3.70. The molecule has 1 heteroatoms. The minimum atomic E-state index is 0.895. The molecule has 0 unspecified atom stereocenters. The lowest BCUT2D eigenvalue weighted by molar-refractivity contribution is -0.105. The first-order chi connectivity index (χ1) is 7.36. The Bertz CT molecular complexity index is 311. The van der Waals surface area contributed by atoms with Crippen molar-refractivity contribution in [3.05, 3.63) is 41.5 Å². The van der Waals surface area contributed by atoms with Crippen LogP contribution in [-0.4, -0.2) is 6.29 Å². The van der Waals surface area contributed by atoms with E-state index in [2.05, 4.69) is 6.92 Å². The molecule has 0 heterocycles. The molecule has 0 spiro atoms. The van der Waals surface area contributed by atoms with Crippen LogP contribution in [0, 0.1) is 0 Å². The van der Waals surface area contributed by atoms with Crippen LogP contribution in [0.15, 0.2) is 35.9 Å². The van der Waals surface area contributed by atoms with E-state index in [1.165, 1.54) is 12.8 Å². The molecule has 0 aliphatic heterocycles. The maximum Gasteiger partial charge on any atom is 0.146 e. The van der Waals surface area contributed by atoms with E-state index >= 15 is 0 Å². The topological polar surface area (TPSA) is 17.1 Å². The molecule has 15 heavy (non-hydrogen) atoms. The van der Waals surface area contributed by atoms with E-state index in [4.69, 9.17) is 0 Å². The van der Waals surface area contributed by atoms with E-state index in [0.29, 0.717) is 0 Å². The number of aldehydes is 1. The van der Waals surface area contributed by atoms with Gasteiger partial charge in [0.15, 0.2) is 0 Å². The summed E-state index contributed by atoms with van der Waals surface area (Å²) in [5, 5.41) is 0. The number of allylic oxidation sites excluding steroid dienone is 1. The highest BCUT2D eigenvalue weighted by Crippen LogP contribution is 2.11. The molecule has 0 aliphatic carbocycles. The van der Waals surface area contributed by atoms with Crippen LogP contribution in [0.4, 0.5) is 0 Å². The summed E-state index contributed by atoms with van der Waals surface area (Å²) in [6.07, 6.45) is 7.34. The van der Waals surface area contributed by atoms with Crippen LogP contribution in [0.25, 0.3) is 6.08 Å². The minimum absolute atomic E-state index is 0.895. The summed E-state index contributed by atoms with van der Waals surface area (Å²) in [6.45, 7) is 2.17. The lowest BCUT2D eigenvalue weighted by Crippen LogP contribution is -1.86. The van der Waals surface area contributed by atoms with Crippen LogP contribution >= 0.6 is 0 Å². The van der Waals surface area contributed by atoms with Crippen LogP contribution < -0.4 is 0 Å². The first-order valence-electron chi connectivity index (χ1n) is 5.57. The minimum Gasteiger partial charge on any atom is -0.298 e. The van der Waals surface area contributed by atoms with E-state index in [1.54, 1.807) is 0 Å². The molecule has 80 valence electrons. The van der Waals surface area contributed by atoms with Gasteiger partial charge in [-0.1, -0.05) is 50.1 Å². The average Bonchev–Trinajstić information content (AvgIpc) is 2.29. The van der Waals surface area contributed by atoms with Gasteiger partial charge < -0.3 is 0 Å². The monoisotopic (exact) mass is 202 g/mol. The number of hydrogen-bond acceptors (Lipinski definition) is 1. The standard InChI is InChI=1S/C14H18O/c1-2-3-5-10-14(12-15)11-13-8-6-4-7-9-13/h4,6-9,11-12H,2-3,5,10H2,1H3. The summed E-state index contributed by atoms with van der Waals surface area (Å²) in [7, 11) is 0. The van der Waals surface area contributed by atoms with E-state index in [1.807, 2.05) is 36.4 Å². The van der Waals surface area contributed by atoms with Crippen molar-refractivity contribution < 1.29 is 4.79 Å². The highest BCUT2D eigenvalue weighted by Gasteiger charge is 1.95. The van der Waals surface area contributed by atoms with Gasteiger partial charge in [0.2, 0.25) is 0 Å². The number of rotatable bonds is 6. The average molecular weight is 202 g/mol. The number of hydrogen-bond donors (Lipinski definition) is 0. The van der Waals surface area contributed by atoms with Gasteiger partial charge in [0, 0.05) is 0 Å². The highest BCUT2D eigenvalue weighted by atomic mass is 16.1. The first kappa shape index (κ1) is 11.7. The van der Waals surface area contributed by atoms with Crippen molar-refractivity contribution in [1.29, 1.82) is 0 Å². The third-order valence-electron chi connectivity index (χ3n) is 2.37. The number of unbranched alkanes of at least 4 members (excludes halogenated alkanes) is 2. The van der Waals surface area contributed by atoms with Gasteiger partial charge in [0.05, 0.1) is 0 Å². The molecule has 1 rings (SSSR count). The zero-order valence-electron chi connectivity index (χ0n) is 9.28. The van der Waals surface area contributed by atoms with E-state index in [-0.39, 0.29) is 0 Å². The predicted octanol–water partition coefficient (Wildman–Crippen LogP) is 3.85. The highest BCUT2D eigenvalue weighted by molar-refractivity contribution is 5.81. The summed E-state index contributed by atoms with van der Waals surface area (Å²) in [5.41, 5.74) is 2.01. The fourth-order valence-corrected chi connectivity index (χ4v) is 1.51. The van der Waals surface area contributed by atoms with E-state index in [9.17, 15) is 4.79 Å². The van der Waals surface area contributed by atoms with Crippen LogP contribution in [0.1, 0.15) is 38.2 Å². The second kappa shape index (κ2) is 6.99. The van der Waals surface area contributed by atoms with Crippen LogP contribution in [0.2, 0.25) is 0 Å². The maximum atomic E-state index is 10.8. The molecule has 0 amide bonds. The molecule has 0 aliphatic rings. The molecular weight excluding hydrogens is 184 g/mol. The first-order valence-corrected chi connectivity index (χ1v) is 5.57. The zero-order valence-corrected chi connectivity index (χ0v) is 9.28. The van der Waals surface area contributed by atoms with Gasteiger partial charge in [-0.2, -0.15) is 0 Å². The van der Waals surface area contributed by atoms with Crippen LogP contribution in [0.5, 0.6) is 0 Å². The molecule has 1 aromatic carbocycles. The van der Waals surface area contributed by atoms with E-state index in [0.717, 1.165) is 30.3 Å². The molecule has 0 saturated carbocycles. The van der Waals surface area contributed by atoms with Gasteiger partial charge in [0.25, 0.3) is 0 Å². The SMILES string of the molecule is CCCCCC(C=O)=Cc1ccccc1. The zero-order chi connectivity index (χ0) is 10.9. The van der Waals surface area contributed by atoms with Crippen molar-refractivity contribution in [2.45, 2.75) is 32.6 Å². The van der Waals surface area contributed by atoms with Crippen LogP contribution in [0.3, 0.4) is 0 Å². The lowest BCUT2D eigenvalue weighted by atomic mass is 10.1. The molecule has 0 radical (unpaired) electrons. The van der Waals surface area contributed by atoms with Crippen molar-refractivity contribution in [3.63, 3.8) is 0 Å². The van der Waals surface area contributed by atoms with Gasteiger partial charge in [-0.25, -0.2) is 0 Å². The molecule has 1 nitrogen and oxygen atoms in total. The summed E-state index contributed by atoms with van der Waals surface area (Å²) >= 11 is 0. The van der Waals surface area contributed by atoms with E-state index < -0.39 is 0 Å². The van der Waals surface area contributed by atoms with Crippen molar-refractivity contribution in [2.75, 3.05) is 0 Å². The number of carbonyl (C=O) groups is 1. The Balaban J connectivity index is 2.58. The van der Waals surface area contributed by atoms with Gasteiger partial charge in [0.1, 0.15) is 6.29 Å². The summed E-state index contributed by atoms with van der Waals surface area (Å²) in [5.74, 6) is 0. The normalized spacial score (nSPS) is 11.4. The van der Waals surface area contributed by atoms with Crippen molar-refractivity contribution >= 4 is 12.4 Å². The smallest absolute Gasteiger partial charge is 0.146 e. The quantitative estimate of drug-likeness (QED) is 0.389. The Hall–Kier alpha value is -1.37. The van der Waals surface area contributed by atoms with Crippen molar-refractivity contribution in [2.24, 2.45) is 0 Å². The fourth-order valence-electron chi connectivity index (χ4n) is 1.51. The summed E-state index contributed by atoms with van der Waals surface area (Å²) < 4.78 is 0. The van der Waals surface area contributed by atoms with Crippen molar-refractivity contribution in [1.82, 2.24) is 0 Å². The lowest BCUT2D eigenvalue weighted by Gasteiger charge is -1.99. The molecule has 0 atom stereocenters. The third-order valence-corrected chi connectivity index (χ3v) is 2.37. The fraction of sp³-hybridized carbons (Fsp3) is 0.357. The number of carbonyl (C=O) groups excluding carboxylic acids is 1. The van der Waals surface area contributed by atoms with Gasteiger partial charge in [-0.15, -0.1) is 0 Å². The maximum absolute atomic E-state index is 10.8. The Labute approximate surface area is 91.8 Å². The predicted molar refractivity (Wildman–Crippen MR) is 64.6 cm³/mol. The molecule has 1 aromatic rings. The summed E-state index contributed by atoms with van der Waals surface area (Å²) in [6, 6.07) is 9.99. The van der Waals surface area contributed by atoms with Gasteiger partial charge >= 0.3 is 0 Å². The largest absolute Gasteiger partial charge is 0.298 e. The van der Waals surface area contributed by atoms with Gasteiger partial charge in [-0.05, 0) is 30.1 Å². The van der Waals surface area contributed by atoms with Gasteiger partial charge in [-0.3, -0.25) is 4.79 Å². The Kier molecular flexibility index (Phi) is 5.46. The second-order valence-electron chi connectivity index (χ2n) is 3.70. The third kappa shape index (κ3) is 4.59. The molecule has 0 N–H and O–H groups in total.